The summed E-state index contributed by atoms with van der Waals surface area (Å²) in [5.41, 5.74) is 3.13. The van der Waals surface area contributed by atoms with Gasteiger partial charge in [-0.2, -0.15) is 0 Å². The number of ether oxygens (including phenoxy) is 1. The van der Waals surface area contributed by atoms with Crippen LogP contribution in [0.1, 0.15) is 59.8 Å². The van der Waals surface area contributed by atoms with E-state index in [9.17, 15) is 4.79 Å². The summed E-state index contributed by atoms with van der Waals surface area (Å²) in [5, 5.41) is 3.43. The maximum absolute atomic E-state index is 12.4. The first kappa shape index (κ1) is 22.1. The fourth-order valence-electron chi connectivity index (χ4n) is 3.23. The molecule has 0 aliphatic heterocycles. The molecule has 2 N–H and O–H groups in total. The average Bonchev–Trinajstić information content (AvgIpc) is 3.01. The second-order valence-electron chi connectivity index (χ2n) is 9.68. The lowest BCUT2D eigenvalue weighted by molar-refractivity contribution is 0.0489. The number of nitrogens with one attached hydrogen (secondary N) is 2. The van der Waals surface area contributed by atoms with Gasteiger partial charge in [-0.15, -0.1) is 0 Å². The van der Waals surface area contributed by atoms with Crippen molar-refractivity contribution in [1.82, 2.24) is 20.3 Å². The smallest absolute Gasteiger partial charge is 0.408 e. The molecular weight excluding hydrogens is 400 g/mol. The van der Waals surface area contributed by atoms with Crippen molar-refractivity contribution in [1.29, 1.82) is 0 Å². The molecule has 1 unspecified atom stereocenters. The zero-order chi connectivity index (χ0) is 22.1. The number of benzene rings is 1. The van der Waals surface area contributed by atoms with Crippen LogP contribution in [0.4, 0.5) is 4.79 Å². The number of carbonyl (C=O) groups is 1. The average molecular weight is 429 g/mol. The van der Waals surface area contributed by atoms with Crippen LogP contribution in [0.3, 0.4) is 0 Å². The number of nitrogens with zero attached hydrogens (tertiary/aromatic N) is 2. The van der Waals surface area contributed by atoms with Gasteiger partial charge in [0.15, 0.2) is 0 Å². The summed E-state index contributed by atoms with van der Waals surface area (Å²) < 4.78 is 5.46. The van der Waals surface area contributed by atoms with Crippen molar-refractivity contribution in [3.8, 4) is 11.1 Å². The summed E-state index contributed by atoms with van der Waals surface area (Å²) in [6.45, 7) is 11.9. The molecule has 3 rings (SSSR count). The molecule has 6 nitrogen and oxygen atoms in total. The van der Waals surface area contributed by atoms with Crippen LogP contribution in [-0.2, 0) is 4.74 Å². The third-order valence-corrected chi connectivity index (χ3v) is 4.60. The summed E-state index contributed by atoms with van der Waals surface area (Å²) in [6, 6.07) is 9.42. The number of imidazole rings is 1. The molecule has 0 bridgehead atoms. The molecule has 1 amide bonds. The van der Waals surface area contributed by atoms with E-state index in [0.717, 1.165) is 22.2 Å². The second kappa shape index (κ2) is 8.26. The Morgan fingerprint density at radius 2 is 1.83 bits per heavy atom. The number of aromatic amines is 1. The van der Waals surface area contributed by atoms with E-state index >= 15 is 0 Å². The van der Waals surface area contributed by atoms with Crippen LogP contribution < -0.4 is 5.32 Å². The molecule has 1 atom stereocenters. The molecule has 2 aromatic heterocycles. The van der Waals surface area contributed by atoms with Crippen LogP contribution in [0, 0.1) is 5.41 Å². The first-order chi connectivity index (χ1) is 13.9. The fraction of sp³-hybridized carbons (Fsp3) is 0.435. The Bertz CT molecular complexity index is 1050. The van der Waals surface area contributed by atoms with Crippen molar-refractivity contribution in [3.63, 3.8) is 0 Å². The standard InChI is InChI=1S/C23H29ClN4O2/c1-22(2,3)13-18(28-21(29)30-23(4,5)6)20-26-16-8-7-14(11-17(16)27-20)15-9-10-25-19(24)12-15/h7-12,18H,13H2,1-6H3,(H,26,27)(H,28,29). The molecular formula is C23H29ClN4O2. The highest BCUT2D eigenvalue weighted by atomic mass is 35.5. The molecule has 7 heteroatoms. The Labute approximate surface area is 182 Å². The third kappa shape index (κ3) is 5.95. The number of carbonyl (C=O) groups excluding carboxylic acids is 1. The summed E-state index contributed by atoms with van der Waals surface area (Å²) in [7, 11) is 0. The van der Waals surface area contributed by atoms with Crippen molar-refractivity contribution in [3.05, 3.63) is 47.5 Å². The van der Waals surface area contributed by atoms with E-state index < -0.39 is 11.7 Å². The largest absolute Gasteiger partial charge is 0.444 e. The maximum atomic E-state index is 12.4. The van der Waals surface area contributed by atoms with E-state index in [2.05, 4.69) is 36.1 Å². The van der Waals surface area contributed by atoms with E-state index in [1.807, 2.05) is 51.1 Å². The van der Waals surface area contributed by atoms with Crippen molar-refractivity contribution in [2.75, 3.05) is 0 Å². The third-order valence-electron chi connectivity index (χ3n) is 4.40. The number of hydrogen-bond donors (Lipinski definition) is 2. The molecule has 0 saturated carbocycles. The number of halogens is 1. The molecule has 0 radical (unpaired) electrons. The fourth-order valence-corrected chi connectivity index (χ4v) is 3.41. The molecule has 0 aliphatic carbocycles. The number of H-pyrrole nitrogens is 1. The van der Waals surface area contributed by atoms with Crippen LogP contribution in [-0.4, -0.2) is 26.6 Å². The van der Waals surface area contributed by atoms with Crippen LogP contribution in [0.2, 0.25) is 5.15 Å². The first-order valence-electron chi connectivity index (χ1n) is 10.0. The van der Waals surface area contributed by atoms with Gasteiger partial charge in [0.1, 0.15) is 16.6 Å². The number of rotatable bonds is 4. The van der Waals surface area contributed by atoms with Crippen LogP contribution in [0.15, 0.2) is 36.5 Å². The van der Waals surface area contributed by atoms with Crippen molar-refractivity contribution >= 4 is 28.7 Å². The normalized spacial score (nSPS) is 13.3. The quantitative estimate of drug-likeness (QED) is 0.479. The molecule has 30 heavy (non-hydrogen) atoms. The Morgan fingerprint density at radius 1 is 1.13 bits per heavy atom. The Hall–Kier alpha value is -2.60. The van der Waals surface area contributed by atoms with Gasteiger partial charge >= 0.3 is 6.09 Å². The number of hydrogen-bond acceptors (Lipinski definition) is 4. The molecule has 160 valence electrons. The highest BCUT2D eigenvalue weighted by Crippen LogP contribution is 2.31. The number of pyridine rings is 1. The lowest BCUT2D eigenvalue weighted by atomic mass is 9.88. The van der Waals surface area contributed by atoms with Crippen LogP contribution >= 0.6 is 11.6 Å². The van der Waals surface area contributed by atoms with Gasteiger partial charge in [-0.25, -0.2) is 14.8 Å². The topological polar surface area (TPSA) is 79.9 Å². The minimum atomic E-state index is -0.565. The first-order valence-corrected chi connectivity index (χ1v) is 10.4. The molecule has 2 heterocycles. The SMILES string of the molecule is CC(C)(C)CC(NC(=O)OC(C)(C)C)c1nc2ccc(-c3ccnc(Cl)c3)cc2[nH]1. The van der Waals surface area contributed by atoms with Crippen molar-refractivity contribution in [2.24, 2.45) is 5.41 Å². The Balaban J connectivity index is 1.92. The lowest BCUT2D eigenvalue weighted by Crippen LogP contribution is -2.36. The van der Waals surface area contributed by atoms with E-state index in [0.29, 0.717) is 17.4 Å². The number of fused-ring (bicyclic) bond motifs is 1. The van der Waals surface area contributed by atoms with Crippen LogP contribution in [0.5, 0.6) is 0 Å². The van der Waals surface area contributed by atoms with Crippen molar-refractivity contribution < 1.29 is 9.53 Å². The zero-order valence-electron chi connectivity index (χ0n) is 18.3. The predicted molar refractivity (Wildman–Crippen MR) is 121 cm³/mol. The lowest BCUT2D eigenvalue weighted by Gasteiger charge is -2.27. The van der Waals surface area contributed by atoms with Gasteiger partial charge in [0.05, 0.1) is 17.1 Å². The second-order valence-corrected chi connectivity index (χ2v) is 10.1. The van der Waals surface area contributed by atoms with Gasteiger partial charge < -0.3 is 15.0 Å². The summed E-state index contributed by atoms with van der Waals surface area (Å²) in [4.78, 5) is 24.6. The van der Waals surface area contributed by atoms with Gasteiger partial charge in [-0.3, -0.25) is 0 Å². The zero-order valence-corrected chi connectivity index (χ0v) is 19.1. The predicted octanol–water partition coefficient (Wildman–Crippen LogP) is 6.28. The van der Waals surface area contributed by atoms with Crippen LogP contribution in [0.25, 0.3) is 22.2 Å². The minimum absolute atomic E-state index is 0.0163. The molecule has 0 fully saturated rings. The Kier molecular flexibility index (Phi) is 6.09. The summed E-state index contributed by atoms with van der Waals surface area (Å²) >= 11 is 6.03. The number of amides is 1. The summed E-state index contributed by atoms with van der Waals surface area (Å²) in [5.74, 6) is 0.704. The van der Waals surface area contributed by atoms with Gasteiger partial charge in [0, 0.05) is 6.20 Å². The molecule has 0 aliphatic rings. The van der Waals surface area contributed by atoms with Gasteiger partial charge in [0.2, 0.25) is 0 Å². The Morgan fingerprint density at radius 3 is 2.47 bits per heavy atom. The summed E-state index contributed by atoms with van der Waals surface area (Å²) in [6.07, 6.45) is 1.94. The number of alkyl carbamates (subject to hydrolysis) is 1. The molecule has 1 aromatic carbocycles. The van der Waals surface area contributed by atoms with Gasteiger partial charge in [-0.1, -0.05) is 38.4 Å². The van der Waals surface area contributed by atoms with Gasteiger partial charge in [-0.05, 0) is 68.0 Å². The van der Waals surface area contributed by atoms with E-state index in [1.54, 1.807) is 6.20 Å². The minimum Gasteiger partial charge on any atom is -0.444 e. The van der Waals surface area contributed by atoms with Crippen molar-refractivity contribution in [2.45, 2.75) is 59.6 Å². The van der Waals surface area contributed by atoms with E-state index in [4.69, 9.17) is 21.3 Å². The molecule has 3 aromatic rings. The number of aromatic nitrogens is 3. The van der Waals surface area contributed by atoms with E-state index in [-0.39, 0.29) is 11.5 Å². The monoisotopic (exact) mass is 428 g/mol. The molecule has 0 spiro atoms. The highest BCUT2D eigenvalue weighted by Gasteiger charge is 2.27. The highest BCUT2D eigenvalue weighted by molar-refractivity contribution is 6.29. The van der Waals surface area contributed by atoms with Gasteiger partial charge in [0.25, 0.3) is 0 Å². The molecule has 0 saturated heterocycles. The maximum Gasteiger partial charge on any atom is 0.408 e. The van der Waals surface area contributed by atoms with E-state index in [1.165, 1.54) is 0 Å².